The van der Waals surface area contributed by atoms with Crippen LogP contribution in [0.4, 0.5) is 18.0 Å². The van der Waals surface area contributed by atoms with Gasteiger partial charge >= 0.3 is 12.2 Å². The number of primary amides is 1. The zero-order valence-corrected chi connectivity index (χ0v) is 12.7. The van der Waals surface area contributed by atoms with Gasteiger partial charge in [-0.2, -0.15) is 27.3 Å². The molecule has 1 aromatic carbocycles. The van der Waals surface area contributed by atoms with E-state index in [2.05, 4.69) is 11.3 Å². The van der Waals surface area contributed by atoms with Crippen molar-refractivity contribution in [2.45, 2.75) is 24.2 Å². The molecule has 3 rings (SSSR count). The van der Waals surface area contributed by atoms with Crippen LogP contribution >= 0.6 is 0 Å². The van der Waals surface area contributed by atoms with Gasteiger partial charge in [-0.15, -0.1) is 0 Å². The van der Waals surface area contributed by atoms with Crippen LogP contribution in [0.3, 0.4) is 0 Å². The molecule has 2 aromatic rings. The summed E-state index contributed by atoms with van der Waals surface area (Å²) in [4.78, 5) is 10.4. The first-order valence-corrected chi connectivity index (χ1v) is 8.01. The third-order valence-corrected chi connectivity index (χ3v) is 5.42. The van der Waals surface area contributed by atoms with Gasteiger partial charge in [0.15, 0.2) is 0 Å². The number of hydrogen-bond acceptors (Lipinski definition) is 4. The lowest BCUT2D eigenvalue weighted by molar-refractivity contribution is -0.139. The lowest BCUT2D eigenvalue weighted by Crippen LogP contribution is -2.30. The van der Waals surface area contributed by atoms with Gasteiger partial charge in [-0.3, -0.25) is 0 Å². The Kier molecular flexibility index (Phi) is 3.64. The van der Waals surface area contributed by atoms with Gasteiger partial charge in [0.2, 0.25) is 10.0 Å². The van der Waals surface area contributed by atoms with Crippen LogP contribution in [0, 0.1) is 6.20 Å². The van der Waals surface area contributed by atoms with Crippen LogP contribution in [0.1, 0.15) is 16.8 Å². The molecule has 7 nitrogen and oxygen atoms in total. The number of carbonyl (C=O) groups is 1. The van der Waals surface area contributed by atoms with E-state index in [1.165, 1.54) is 6.07 Å². The Labute approximate surface area is 134 Å². The van der Waals surface area contributed by atoms with Crippen molar-refractivity contribution in [3.63, 3.8) is 0 Å². The Morgan fingerprint density at radius 2 is 1.92 bits per heavy atom. The van der Waals surface area contributed by atoms with Gasteiger partial charge in [0.05, 0.1) is 22.7 Å². The molecule has 1 aliphatic rings. The van der Waals surface area contributed by atoms with E-state index >= 15 is 0 Å². The second-order valence-electron chi connectivity index (χ2n) is 5.05. The number of fused-ring (bicyclic) bond motifs is 1. The summed E-state index contributed by atoms with van der Waals surface area (Å²) < 4.78 is 66.1. The third-order valence-electron chi connectivity index (χ3n) is 3.57. The first-order chi connectivity index (χ1) is 11.1. The molecule has 2 N–H and O–H groups in total. The van der Waals surface area contributed by atoms with Crippen LogP contribution in [-0.2, 0) is 29.3 Å². The average Bonchev–Trinajstić information content (AvgIpc) is 3.06. The number of nitrogens with zero attached hydrogens (tertiary/aromatic N) is 3. The van der Waals surface area contributed by atoms with Crippen LogP contribution in [0.15, 0.2) is 29.2 Å². The molecule has 1 aromatic heterocycles. The summed E-state index contributed by atoms with van der Waals surface area (Å²) in [6, 6.07) is 2.99. The number of alkyl halides is 3. The highest BCUT2D eigenvalue weighted by Crippen LogP contribution is 2.37. The lowest BCUT2D eigenvalue weighted by Gasteiger charge is -2.19. The molecule has 0 fully saturated rings. The molecule has 1 radical (unpaired) electrons. The number of hydrogen-bond donors (Lipinski definition) is 1. The van der Waals surface area contributed by atoms with Crippen molar-refractivity contribution >= 4 is 16.1 Å². The highest BCUT2D eigenvalue weighted by Gasteiger charge is 2.41. The molecule has 2 heterocycles. The summed E-state index contributed by atoms with van der Waals surface area (Å²) in [6.45, 7) is -0.555. The average molecular weight is 359 g/mol. The second-order valence-corrected chi connectivity index (χ2v) is 6.96. The van der Waals surface area contributed by atoms with E-state index in [9.17, 15) is 26.4 Å². The highest BCUT2D eigenvalue weighted by atomic mass is 32.2. The zero-order valence-electron chi connectivity index (χ0n) is 11.9. The highest BCUT2D eigenvalue weighted by molar-refractivity contribution is 7.89. The van der Waals surface area contributed by atoms with Crippen molar-refractivity contribution in [3.8, 4) is 0 Å². The minimum atomic E-state index is -4.81. The number of rotatable bonds is 2. The molecule has 11 heteroatoms. The number of aromatic nitrogens is 2. The molecule has 1 amide bonds. The predicted molar refractivity (Wildman–Crippen MR) is 73.9 cm³/mol. The quantitative estimate of drug-likeness (QED) is 0.875. The molecule has 0 unspecified atom stereocenters. The standard InChI is InChI=1S/C13H10F3N4O3S/c14-13(15,16)9-3-1-2-4-11(9)24(22,23)19-6-8-5-18-20(12(17)21)10(8)7-19/h1-4H,6-7H2,(H2,17,21). The Morgan fingerprint density at radius 1 is 1.25 bits per heavy atom. The first-order valence-electron chi connectivity index (χ1n) is 6.57. The smallest absolute Gasteiger partial charge is 0.350 e. The van der Waals surface area contributed by atoms with Crippen LogP contribution in [0.25, 0.3) is 0 Å². The Hall–Kier alpha value is -2.40. The topological polar surface area (TPSA) is 98.3 Å². The monoisotopic (exact) mass is 359 g/mol. The number of carbonyl (C=O) groups excluding carboxylic acids is 1. The lowest BCUT2D eigenvalue weighted by atomic mass is 10.2. The van der Waals surface area contributed by atoms with Crippen molar-refractivity contribution in [1.82, 2.24) is 14.1 Å². The molecule has 0 spiro atoms. The molecule has 0 atom stereocenters. The van der Waals surface area contributed by atoms with E-state index in [1.54, 1.807) is 0 Å². The maximum atomic E-state index is 13.1. The van der Waals surface area contributed by atoms with Gasteiger partial charge in [0.25, 0.3) is 0 Å². The van der Waals surface area contributed by atoms with E-state index in [-0.39, 0.29) is 18.8 Å². The predicted octanol–water partition coefficient (Wildman–Crippen LogP) is 1.33. The normalized spacial score (nSPS) is 15.5. The van der Waals surface area contributed by atoms with Gasteiger partial charge < -0.3 is 5.73 Å². The van der Waals surface area contributed by atoms with Crippen molar-refractivity contribution in [3.05, 3.63) is 47.3 Å². The third kappa shape index (κ3) is 2.55. The van der Waals surface area contributed by atoms with Gasteiger partial charge in [-0.25, -0.2) is 13.2 Å². The summed E-state index contributed by atoms with van der Waals surface area (Å²) >= 11 is 0. The van der Waals surface area contributed by atoms with Crippen LogP contribution in [-0.4, -0.2) is 28.5 Å². The molecule has 1 aliphatic heterocycles. The van der Waals surface area contributed by atoms with Gasteiger partial charge in [-0.1, -0.05) is 12.1 Å². The van der Waals surface area contributed by atoms with Crippen molar-refractivity contribution < 1.29 is 26.4 Å². The Morgan fingerprint density at radius 3 is 2.54 bits per heavy atom. The molecular formula is C13H10F3N4O3S. The summed E-state index contributed by atoms with van der Waals surface area (Å²) in [7, 11) is -4.43. The number of sulfonamides is 1. The minimum absolute atomic E-state index is 0.190. The fourth-order valence-corrected chi connectivity index (χ4v) is 4.05. The van der Waals surface area contributed by atoms with E-state index in [0.717, 1.165) is 21.1 Å². The molecule has 0 saturated carbocycles. The number of benzene rings is 1. The number of amides is 1. The van der Waals surface area contributed by atoms with E-state index in [4.69, 9.17) is 5.73 Å². The Balaban J connectivity index is 2.01. The molecule has 24 heavy (non-hydrogen) atoms. The largest absolute Gasteiger partial charge is 0.417 e. The van der Waals surface area contributed by atoms with Crippen LogP contribution in [0.5, 0.6) is 0 Å². The molecule has 0 aliphatic carbocycles. The van der Waals surface area contributed by atoms with Crippen molar-refractivity contribution in [2.75, 3.05) is 0 Å². The van der Waals surface area contributed by atoms with Crippen LogP contribution in [0.2, 0.25) is 0 Å². The fourth-order valence-electron chi connectivity index (χ4n) is 2.47. The molecule has 127 valence electrons. The second kappa shape index (κ2) is 5.31. The first kappa shape index (κ1) is 16.5. The number of halogens is 3. The number of nitrogens with two attached hydrogens (primary N) is 1. The van der Waals surface area contributed by atoms with E-state index in [1.807, 2.05) is 0 Å². The molecule has 0 bridgehead atoms. The van der Waals surface area contributed by atoms with Crippen LogP contribution < -0.4 is 5.73 Å². The van der Waals surface area contributed by atoms with E-state index in [0.29, 0.717) is 11.6 Å². The summed E-state index contributed by atoms with van der Waals surface area (Å²) in [5, 5.41) is 3.60. The fraction of sp³-hybridized carbons (Fsp3) is 0.231. The molecule has 0 saturated heterocycles. The van der Waals surface area contributed by atoms with Crippen molar-refractivity contribution in [2.24, 2.45) is 5.73 Å². The summed E-state index contributed by atoms with van der Waals surface area (Å²) in [6.07, 6.45) is -2.36. The van der Waals surface area contributed by atoms with Gasteiger partial charge in [0.1, 0.15) is 6.20 Å². The molecular weight excluding hydrogens is 349 g/mol. The zero-order chi connectivity index (χ0) is 17.7. The summed E-state index contributed by atoms with van der Waals surface area (Å²) in [5.41, 5.74) is 4.34. The maximum absolute atomic E-state index is 13.1. The maximum Gasteiger partial charge on any atom is 0.417 e. The van der Waals surface area contributed by atoms with Gasteiger partial charge in [-0.05, 0) is 12.1 Å². The van der Waals surface area contributed by atoms with Crippen molar-refractivity contribution in [1.29, 1.82) is 0 Å². The Bertz CT molecular complexity index is 921. The van der Waals surface area contributed by atoms with Gasteiger partial charge in [0, 0.05) is 12.1 Å². The minimum Gasteiger partial charge on any atom is -0.350 e. The van der Waals surface area contributed by atoms with E-state index < -0.39 is 32.7 Å². The summed E-state index contributed by atoms with van der Waals surface area (Å²) in [5.74, 6) is 0. The SMILES string of the molecule is NC(=O)n1n[c]c2c1CN(S(=O)(=O)c1ccccc1C(F)(F)F)C2.